The number of hydrogen-bond acceptors (Lipinski definition) is 2. The Morgan fingerprint density at radius 1 is 1.70 bits per heavy atom. The highest BCUT2D eigenvalue weighted by Gasteiger charge is 2.03. The molecule has 2 N–H and O–H groups in total. The summed E-state index contributed by atoms with van der Waals surface area (Å²) in [6.07, 6.45) is 0. The molecule has 2 amide bonds. The third kappa shape index (κ3) is 4.49. The molecule has 3 nitrogen and oxygen atoms in total. The van der Waals surface area contributed by atoms with Gasteiger partial charge in [0.05, 0.1) is 0 Å². The number of urea groups is 1. The van der Waals surface area contributed by atoms with Crippen molar-refractivity contribution in [1.82, 2.24) is 4.31 Å². The second-order valence-electron chi connectivity index (χ2n) is 2.53. The first kappa shape index (κ1) is 9.62. The number of carbonyl (C=O) groups is 1. The fourth-order valence-corrected chi connectivity index (χ4v) is 0.973. The Bertz CT molecular complexity index is 116. The summed E-state index contributed by atoms with van der Waals surface area (Å²) in [7, 11) is 1.68. The van der Waals surface area contributed by atoms with Crippen LogP contribution in [0.4, 0.5) is 4.79 Å². The number of rotatable bonds is 3. The van der Waals surface area contributed by atoms with Gasteiger partial charge in [-0.2, -0.15) is 0 Å². The normalized spacial score (nSPS) is 10.0. The fourth-order valence-electron chi connectivity index (χ4n) is 0.324. The maximum Gasteiger partial charge on any atom is 0.324 e. The fraction of sp³-hybridized carbons (Fsp3) is 0.833. The molecule has 0 rings (SSSR count). The Morgan fingerprint density at radius 2 is 2.20 bits per heavy atom. The Labute approximate surface area is 66.1 Å². The molecule has 0 radical (unpaired) electrons. The zero-order chi connectivity index (χ0) is 8.15. The van der Waals surface area contributed by atoms with Gasteiger partial charge >= 0.3 is 6.03 Å². The lowest BCUT2D eigenvalue weighted by Gasteiger charge is -2.13. The van der Waals surface area contributed by atoms with Gasteiger partial charge in [0, 0.05) is 12.8 Å². The highest BCUT2D eigenvalue weighted by molar-refractivity contribution is 7.97. The van der Waals surface area contributed by atoms with Crippen LogP contribution in [0.2, 0.25) is 0 Å². The van der Waals surface area contributed by atoms with Crippen LogP contribution in [0.1, 0.15) is 13.8 Å². The molecule has 60 valence electrons. The van der Waals surface area contributed by atoms with Crippen molar-refractivity contribution in [3.63, 3.8) is 0 Å². The van der Waals surface area contributed by atoms with E-state index in [0.717, 1.165) is 5.75 Å². The zero-order valence-corrected chi connectivity index (χ0v) is 7.44. The van der Waals surface area contributed by atoms with Gasteiger partial charge in [0.25, 0.3) is 0 Å². The summed E-state index contributed by atoms with van der Waals surface area (Å²) in [5.41, 5.74) is 4.99. The number of nitrogens with two attached hydrogens (primary N) is 1. The van der Waals surface area contributed by atoms with E-state index in [1.807, 2.05) is 0 Å². The summed E-state index contributed by atoms with van der Waals surface area (Å²) in [4.78, 5) is 10.4. The molecule has 0 aromatic rings. The van der Waals surface area contributed by atoms with Gasteiger partial charge in [0.2, 0.25) is 0 Å². The first-order valence-electron chi connectivity index (χ1n) is 3.20. The predicted octanol–water partition coefficient (Wildman–Crippen LogP) is 1.30. The number of nitrogens with zero attached hydrogens (tertiary/aromatic N) is 1. The molecule has 0 fully saturated rings. The molecule has 0 atom stereocenters. The van der Waals surface area contributed by atoms with Crippen LogP contribution in [0.25, 0.3) is 0 Å². The van der Waals surface area contributed by atoms with E-state index in [-0.39, 0.29) is 6.03 Å². The van der Waals surface area contributed by atoms with E-state index in [4.69, 9.17) is 5.73 Å². The Morgan fingerprint density at radius 3 is 2.50 bits per heavy atom. The van der Waals surface area contributed by atoms with E-state index in [0.29, 0.717) is 5.92 Å². The molecule has 0 aliphatic heterocycles. The average Bonchev–Trinajstić information content (AvgIpc) is 1.82. The molecule has 0 saturated heterocycles. The Balaban J connectivity index is 3.40. The minimum absolute atomic E-state index is 0.384. The number of hydrogen-bond donors (Lipinski definition) is 1. The number of primary amides is 1. The first-order chi connectivity index (χ1) is 4.54. The zero-order valence-electron chi connectivity index (χ0n) is 6.63. The first-order valence-corrected chi connectivity index (χ1v) is 4.14. The lowest BCUT2D eigenvalue weighted by molar-refractivity contribution is 0.239. The Hall–Kier alpha value is -0.380. The second kappa shape index (κ2) is 4.44. The monoisotopic (exact) mass is 162 g/mol. The quantitative estimate of drug-likeness (QED) is 0.636. The lowest BCUT2D eigenvalue weighted by atomic mass is 10.3. The van der Waals surface area contributed by atoms with Crippen LogP contribution in [0.15, 0.2) is 0 Å². The van der Waals surface area contributed by atoms with Crippen molar-refractivity contribution in [1.29, 1.82) is 0 Å². The summed E-state index contributed by atoms with van der Waals surface area (Å²) in [5, 5.41) is 0. The van der Waals surface area contributed by atoms with E-state index < -0.39 is 0 Å². The minimum atomic E-state index is -0.384. The van der Waals surface area contributed by atoms with Crippen LogP contribution in [0.3, 0.4) is 0 Å². The van der Waals surface area contributed by atoms with Crippen molar-refractivity contribution in [2.45, 2.75) is 13.8 Å². The molecule has 0 spiro atoms. The number of carbonyl (C=O) groups excluding carboxylic acids is 1. The van der Waals surface area contributed by atoms with Crippen LogP contribution in [-0.4, -0.2) is 23.1 Å². The van der Waals surface area contributed by atoms with Crippen molar-refractivity contribution < 1.29 is 4.79 Å². The summed E-state index contributed by atoms with van der Waals surface area (Å²) in [5.74, 6) is 1.52. The van der Waals surface area contributed by atoms with Gasteiger partial charge < -0.3 is 5.73 Å². The summed E-state index contributed by atoms with van der Waals surface area (Å²) in [6.45, 7) is 4.20. The van der Waals surface area contributed by atoms with Crippen molar-refractivity contribution in [3.8, 4) is 0 Å². The van der Waals surface area contributed by atoms with Gasteiger partial charge in [-0.05, 0) is 17.9 Å². The van der Waals surface area contributed by atoms with E-state index in [2.05, 4.69) is 13.8 Å². The lowest BCUT2D eigenvalue weighted by Crippen LogP contribution is -2.26. The van der Waals surface area contributed by atoms with Gasteiger partial charge in [0.15, 0.2) is 0 Å². The highest BCUT2D eigenvalue weighted by atomic mass is 32.2. The molecule has 0 unspecified atom stereocenters. The van der Waals surface area contributed by atoms with Crippen molar-refractivity contribution in [2.75, 3.05) is 12.8 Å². The van der Waals surface area contributed by atoms with Gasteiger partial charge in [0.1, 0.15) is 0 Å². The van der Waals surface area contributed by atoms with E-state index in [1.165, 1.54) is 16.3 Å². The maximum absolute atomic E-state index is 10.4. The SMILES string of the molecule is CC(C)CSN(C)C(N)=O. The molecule has 0 saturated carbocycles. The molecular weight excluding hydrogens is 148 g/mol. The summed E-state index contributed by atoms with van der Waals surface area (Å²) < 4.78 is 1.44. The Kier molecular flexibility index (Phi) is 4.27. The standard InChI is InChI=1S/C6H14N2OS/c1-5(2)4-10-8(3)6(7)9/h5H,4H2,1-3H3,(H2,7,9). The summed E-state index contributed by atoms with van der Waals surface area (Å²) in [6, 6.07) is -0.384. The van der Waals surface area contributed by atoms with E-state index in [9.17, 15) is 4.79 Å². The van der Waals surface area contributed by atoms with Crippen LogP contribution >= 0.6 is 11.9 Å². The molecule has 0 aliphatic rings. The van der Waals surface area contributed by atoms with Crippen molar-refractivity contribution in [2.24, 2.45) is 11.7 Å². The molecule has 0 bridgehead atoms. The average molecular weight is 162 g/mol. The third-order valence-electron chi connectivity index (χ3n) is 0.912. The third-order valence-corrected chi connectivity index (χ3v) is 2.29. The van der Waals surface area contributed by atoms with Crippen LogP contribution in [-0.2, 0) is 0 Å². The molecule has 10 heavy (non-hydrogen) atoms. The van der Waals surface area contributed by atoms with Gasteiger partial charge in [-0.1, -0.05) is 13.8 Å². The topological polar surface area (TPSA) is 46.3 Å². The van der Waals surface area contributed by atoms with E-state index in [1.54, 1.807) is 7.05 Å². The minimum Gasteiger partial charge on any atom is -0.351 e. The summed E-state index contributed by atoms with van der Waals surface area (Å²) >= 11 is 1.45. The predicted molar refractivity (Wildman–Crippen MR) is 44.6 cm³/mol. The van der Waals surface area contributed by atoms with Crippen LogP contribution in [0, 0.1) is 5.92 Å². The van der Waals surface area contributed by atoms with Gasteiger partial charge in [-0.3, -0.25) is 4.31 Å². The van der Waals surface area contributed by atoms with Crippen LogP contribution < -0.4 is 5.73 Å². The van der Waals surface area contributed by atoms with E-state index >= 15 is 0 Å². The molecule has 0 aromatic carbocycles. The second-order valence-corrected chi connectivity index (χ2v) is 3.66. The van der Waals surface area contributed by atoms with Crippen LogP contribution in [0.5, 0.6) is 0 Å². The van der Waals surface area contributed by atoms with Gasteiger partial charge in [-0.15, -0.1) is 0 Å². The largest absolute Gasteiger partial charge is 0.351 e. The number of amides is 2. The highest BCUT2D eigenvalue weighted by Crippen LogP contribution is 2.10. The molecule has 0 aliphatic carbocycles. The van der Waals surface area contributed by atoms with Crippen molar-refractivity contribution >= 4 is 18.0 Å². The van der Waals surface area contributed by atoms with Crippen molar-refractivity contribution in [3.05, 3.63) is 0 Å². The molecule has 4 heteroatoms. The van der Waals surface area contributed by atoms with Gasteiger partial charge in [-0.25, -0.2) is 4.79 Å². The smallest absolute Gasteiger partial charge is 0.324 e. The molecular formula is C6H14N2OS. The molecule has 0 aromatic heterocycles. The molecule has 0 heterocycles. The maximum atomic E-state index is 10.4.